The summed E-state index contributed by atoms with van der Waals surface area (Å²) in [5, 5.41) is -0.322. The van der Waals surface area contributed by atoms with E-state index >= 15 is 0 Å². The van der Waals surface area contributed by atoms with Gasteiger partial charge in [0.15, 0.2) is 9.84 Å². The van der Waals surface area contributed by atoms with Crippen molar-refractivity contribution in [3.8, 4) is 11.8 Å². The number of aryl methyl sites for hydroxylation is 2. The van der Waals surface area contributed by atoms with Gasteiger partial charge in [0.2, 0.25) is 0 Å². The Morgan fingerprint density at radius 2 is 1.55 bits per heavy atom. The molecule has 0 N–H and O–H groups in total. The highest BCUT2D eigenvalue weighted by Gasteiger charge is 2.48. The molecule has 0 radical (unpaired) electrons. The molecule has 156 valence electrons. The molecule has 0 heterocycles. The van der Waals surface area contributed by atoms with Crippen LogP contribution in [0.15, 0.2) is 12.1 Å². The first-order valence-corrected chi connectivity index (χ1v) is 12.1. The lowest BCUT2D eigenvalue weighted by Gasteiger charge is -2.43. The highest BCUT2D eigenvalue weighted by atomic mass is 32.2. The number of carbonyl (C=O) groups excluding carboxylic acids is 2. The Labute approximate surface area is 174 Å². The third kappa shape index (κ3) is 4.19. The standard InChI is InChI=1S/C24H30O4S/c1-5-7-18-12-16(3)22(17(4)13-18)23-20(25)14-24(15-21(23)26)10-8-19(9-11-24)29(27,28)6-2/h12-13,19,23H,6,8-11,14-15H2,1-4H3. The SMILES string of the molecule is CC#Cc1cc(C)c(C2C(=O)CC3(CCC(S(=O)(=O)CC)CC3)CC2=O)c(C)c1. The largest absolute Gasteiger partial charge is 0.299 e. The third-order valence-corrected chi connectivity index (χ3v) is 9.09. The Morgan fingerprint density at radius 1 is 1.03 bits per heavy atom. The van der Waals surface area contributed by atoms with Crippen LogP contribution in [0.25, 0.3) is 0 Å². The van der Waals surface area contributed by atoms with Crippen LogP contribution in [0.5, 0.6) is 0 Å². The lowest BCUT2D eigenvalue weighted by molar-refractivity contribution is -0.137. The molecule has 2 aliphatic carbocycles. The second-order valence-corrected chi connectivity index (χ2v) is 11.3. The monoisotopic (exact) mass is 414 g/mol. The average molecular weight is 415 g/mol. The first kappa shape index (κ1) is 21.8. The second kappa shape index (κ2) is 8.07. The van der Waals surface area contributed by atoms with Crippen LogP contribution in [0.2, 0.25) is 0 Å². The molecule has 29 heavy (non-hydrogen) atoms. The zero-order valence-electron chi connectivity index (χ0n) is 17.8. The molecule has 0 aliphatic heterocycles. The molecule has 0 bridgehead atoms. The molecule has 1 aromatic rings. The van der Waals surface area contributed by atoms with Crippen LogP contribution in [0.4, 0.5) is 0 Å². The van der Waals surface area contributed by atoms with E-state index in [4.69, 9.17) is 0 Å². The van der Waals surface area contributed by atoms with E-state index in [-0.39, 0.29) is 28.0 Å². The first-order valence-electron chi connectivity index (χ1n) is 10.4. The Morgan fingerprint density at radius 3 is 2.00 bits per heavy atom. The maximum absolute atomic E-state index is 13.2. The molecule has 1 aromatic carbocycles. The van der Waals surface area contributed by atoms with Gasteiger partial charge in [0.1, 0.15) is 17.5 Å². The summed E-state index contributed by atoms with van der Waals surface area (Å²) < 4.78 is 24.4. The summed E-state index contributed by atoms with van der Waals surface area (Å²) in [6.07, 6.45) is 3.15. The van der Waals surface area contributed by atoms with Gasteiger partial charge in [0.25, 0.3) is 0 Å². The minimum absolute atomic E-state index is 0.0152. The maximum Gasteiger partial charge on any atom is 0.152 e. The first-order chi connectivity index (χ1) is 13.6. The topological polar surface area (TPSA) is 68.3 Å². The van der Waals surface area contributed by atoms with E-state index < -0.39 is 15.8 Å². The van der Waals surface area contributed by atoms with Crippen LogP contribution >= 0.6 is 0 Å². The summed E-state index contributed by atoms with van der Waals surface area (Å²) in [4.78, 5) is 26.3. The van der Waals surface area contributed by atoms with Crippen molar-refractivity contribution in [2.24, 2.45) is 5.41 Å². The second-order valence-electron chi connectivity index (χ2n) is 8.77. The molecule has 5 heteroatoms. The Kier molecular flexibility index (Phi) is 6.06. The number of ketones is 2. The Balaban J connectivity index is 1.83. The van der Waals surface area contributed by atoms with Gasteiger partial charge >= 0.3 is 0 Å². The number of carbonyl (C=O) groups is 2. The summed E-state index contributed by atoms with van der Waals surface area (Å²) in [7, 11) is -3.06. The zero-order valence-corrected chi connectivity index (χ0v) is 18.6. The molecule has 2 aliphatic rings. The average Bonchev–Trinajstić information content (AvgIpc) is 2.64. The van der Waals surface area contributed by atoms with Gasteiger partial charge in [0.05, 0.1) is 5.25 Å². The minimum Gasteiger partial charge on any atom is -0.299 e. The van der Waals surface area contributed by atoms with Gasteiger partial charge in [-0.15, -0.1) is 5.92 Å². The summed E-state index contributed by atoms with van der Waals surface area (Å²) in [6, 6.07) is 3.90. The van der Waals surface area contributed by atoms with Gasteiger partial charge in [-0.25, -0.2) is 8.42 Å². The van der Waals surface area contributed by atoms with Crippen molar-refractivity contribution in [1.82, 2.24) is 0 Å². The van der Waals surface area contributed by atoms with Crippen molar-refractivity contribution in [2.75, 3.05) is 5.75 Å². The van der Waals surface area contributed by atoms with Crippen molar-refractivity contribution < 1.29 is 18.0 Å². The summed E-state index contributed by atoms with van der Waals surface area (Å²) in [6.45, 7) is 7.34. The number of rotatable bonds is 3. The Bertz CT molecular complexity index is 956. The smallest absolute Gasteiger partial charge is 0.152 e. The van der Waals surface area contributed by atoms with Gasteiger partial charge < -0.3 is 0 Å². The summed E-state index contributed by atoms with van der Waals surface area (Å²) in [5.74, 6) is 5.36. The molecular formula is C24H30O4S. The van der Waals surface area contributed by atoms with E-state index in [0.29, 0.717) is 38.5 Å². The molecule has 3 rings (SSSR count). The van der Waals surface area contributed by atoms with Crippen LogP contribution in [0, 0.1) is 31.1 Å². The van der Waals surface area contributed by atoms with Gasteiger partial charge in [-0.2, -0.15) is 0 Å². The molecule has 0 saturated heterocycles. The van der Waals surface area contributed by atoms with Crippen molar-refractivity contribution >= 4 is 21.4 Å². The normalized spacial score (nSPS) is 27.6. The number of hydrogen-bond acceptors (Lipinski definition) is 4. The van der Waals surface area contributed by atoms with Crippen molar-refractivity contribution in [3.05, 3.63) is 34.4 Å². The van der Waals surface area contributed by atoms with Gasteiger partial charge in [-0.05, 0) is 80.7 Å². The third-order valence-electron chi connectivity index (χ3n) is 6.80. The van der Waals surface area contributed by atoms with Gasteiger partial charge in [-0.1, -0.05) is 12.8 Å². The fraction of sp³-hybridized carbons (Fsp3) is 0.583. The van der Waals surface area contributed by atoms with Crippen LogP contribution in [-0.2, 0) is 19.4 Å². The van der Waals surface area contributed by atoms with Crippen LogP contribution in [0.3, 0.4) is 0 Å². The quantitative estimate of drug-likeness (QED) is 0.553. The summed E-state index contributed by atoms with van der Waals surface area (Å²) in [5.41, 5.74) is 3.25. The van der Waals surface area contributed by atoms with E-state index in [0.717, 1.165) is 22.3 Å². The van der Waals surface area contributed by atoms with E-state index in [9.17, 15) is 18.0 Å². The fourth-order valence-electron chi connectivity index (χ4n) is 5.31. The number of sulfone groups is 1. The maximum atomic E-state index is 13.2. The van der Waals surface area contributed by atoms with Crippen LogP contribution in [-0.4, -0.2) is 31.0 Å². The molecule has 0 unspecified atom stereocenters. The number of Topliss-reactive ketones (excluding diaryl/α,β-unsaturated/α-hetero) is 2. The molecule has 0 atom stereocenters. The highest BCUT2D eigenvalue weighted by molar-refractivity contribution is 7.92. The predicted molar refractivity (Wildman–Crippen MR) is 115 cm³/mol. The molecular weight excluding hydrogens is 384 g/mol. The molecule has 1 spiro atoms. The lowest BCUT2D eigenvalue weighted by Crippen LogP contribution is -2.43. The fourth-order valence-corrected chi connectivity index (χ4v) is 6.73. The van der Waals surface area contributed by atoms with Crippen LogP contribution < -0.4 is 0 Å². The summed E-state index contributed by atoms with van der Waals surface area (Å²) >= 11 is 0. The highest BCUT2D eigenvalue weighted by Crippen LogP contribution is 2.49. The van der Waals surface area contributed by atoms with Crippen molar-refractivity contribution in [1.29, 1.82) is 0 Å². The lowest BCUT2D eigenvalue weighted by atomic mass is 9.61. The van der Waals surface area contributed by atoms with Crippen LogP contribution in [0.1, 0.15) is 80.5 Å². The number of benzene rings is 1. The Hall–Kier alpha value is -1.93. The molecule has 4 nitrogen and oxygen atoms in total. The van der Waals surface area contributed by atoms with Gasteiger partial charge in [0, 0.05) is 24.2 Å². The molecule has 0 aromatic heterocycles. The van der Waals surface area contributed by atoms with E-state index in [2.05, 4.69) is 11.8 Å². The number of hydrogen-bond donors (Lipinski definition) is 0. The van der Waals surface area contributed by atoms with Crippen molar-refractivity contribution in [3.63, 3.8) is 0 Å². The zero-order chi connectivity index (χ0) is 21.4. The molecule has 2 saturated carbocycles. The van der Waals surface area contributed by atoms with E-state index in [1.165, 1.54) is 0 Å². The predicted octanol–water partition coefficient (Wildman–Crippen LogP) is 4.05. The molecule has 0 amide bonds. The molecule has 2 fully saturated rings. The van der Waals surface area contributed by atoms with Crippen molar-refractivity contribution in [2.45, 2.75) is 77.4 Å². The van der Waals surface area contributed by atoms with E-state index in [1.54, 1.807) is 13.8 Å². The minimum atomic E-state index is -3.06. The van der Waals surface area contributed by atoms with Gasteiger partial charge in [-0.3, -0.25) is 9.59 Å². The van der Waals surface area contributed by atoms with E-state index in [1.807, 2.05) is 26.0 Å².